The number of para-hydroxylation sites is 2. The van der Waals surface area contributed by atoms with Crippen LogP contribution in [0.25, 0.3) is 11.0 Å². The van der Waals surface area contributed by atoms with Gasteiger partial charge >= 0.3 is 0 Å². The van der Waals surface area contributed by atoms with Crippen molar-refractivity contribution >= 4 is 60.2 Å². The molecule has 150 valence electrons. The minimum absolute atomic E-state index is 0. The topological polar surface area (TPSA) is 103 Å². The van der Waals surface area contributed by atoms with Crippen LogP contribution in [0.1, 0.15) is 18.7 Å². The van der Waals surface area contributed by atoms with E-state index >= 15 is 0 Å². The van der Waals surface area contributed by atoms with Gasteiger partial charge in [0.05, 0.1) is 17.6 Å². The normalized spacial score (nSPS) is 14.5. The lowest BCUT2D eigenvalue weighted by atomic mass is 10.0. The zero-order valence-electron chi connectivity index (χ0n) is 15.0. The van der Waals surface area contributed by atoms with Crippen molar-refractivity contribution in [2.24, 2.45) is 0 Å². The molecule has 1 aromatic carbocycles. The van der Waals surface area contributed by atoms with E-state index in [2.05, 4.69) is 48.1 Å². The number of benzene rings is 1. The molecule has 1 aliphatic rings. The number of H-pyrrole nitrogens is 2. The van der Waals surface area contributed by atoms with Gasteiger partial charge < -0.3 is 15.6 Å². The Morgan fingerprint density at radius 3 is 2.48 bits per heavy atom. The lowest BCUT2D eigenvalue weighted by Gasteiger charge is -2.36. The molecule has 4 N–H and O–H groups in total. The molecule has 1 saturated heterocycles. The van der Waals surface area contributed by atoms with E-state index < -0.39 is 0 Å². The fraction of sp³-hybridized carbons (Fsp3) is 0.438. The first-order valence-corrected chi connectivity index (χ1v) is 8.26. The van der Waals surface area contributed by atoms with Crippen molar-refractivity contribution < 1.29 is 0 Å². The molecular formula is C16H25Cl3N8. The van der Waals surface area contributed by atoms with Crippen molar-refractivity contribution in [3.05, 3.63) is 30.1 Å². The summed E-state index contributed by atoms with van der Waals surface area (Å²) in [6.07, 6.45) is 2.16. The zero-order valence-corrected chi connectivity index (χ0v) is 17.4. The van der Waals surface area contributed by atoms with Gasteiger partial charge in [0.25, 0.3) is 0 Å². The highest BCUT2D eigenvalue weighted by molar-refractivity contribution is 5.86. The van der Waals surface area contributed by atoms with Gasteiger partial charge in [-0.1, -0.05) is 12.1 Å². The van der Waals surface area contributed by atoms with Crippen LogP contribution >= 0.6 is 37.2 Å². The Hall–Kier alpha value is -1.74. The van der Waals surface area contributed by atoms with E-state index in [-0.39, 0.29) is 37.2 Å². The lowest BCUT2D eigenvalue weighted by molar-refractivity contribution is 0.196. The summed E-state index contributed by atoms with van der Waals surface area (Å²) in [5.74, 6) is 2.09. The summed E-state index contributed by atoms with van der Waals surface area (Å²) in [5, 5.41) is 6.78. The van der Waals surface area contributed by atoms with Gasteiger partial charge in [0.1, 0.15) is 5.82 Å². The first-order valence-electron chi connectivity index (χ1n) is 8.26. The molecule has 8 nitrogen and oxygen atoms in total. The Kier molecular flexibility index (Phi) is 8.61. The standard InChI is InChI=1S/C16H22N8.3ClH/c1-23(10-14-18-12-4-2-3-5-13(12)19-14)11-6-8-24(9-7-11)16-20-15(17)21-22-16;;;/h2-5,11H,6-10H2,1H3,(H,18,19)(H3,17,20,21,22);3*1H. The van der Waals surface area contributed by atoms with Crippen LogP contribution in [-0.2, 0) is 6.54 Å². The minimum atomic E-state index is 0. The first-order chi connectivity index (χ1) is 11.7. The number of nitrogens with zero attached hydrogens (tertiary/aromatic N) is 5. The molecule has 0 unspecified atom stereocenters. The van der Waals surface area contributed by atoms with Crippen molar-refractivity contribution in [3.63, 3.8) is 0 Å². The number of anilines is 2. The first kappa shape index (κ1) is 23.3. The summed E-state index contributed by atoms with van der Waals surface area (Å²) in [6.45, 7) is 2.72. The van der Waals surface area contributed by atoms with Crippen molar-refractivity contribution in [2.75, 3.05) is 30.8 Å². The molecule has 0 bridgehead atoms. The third-order valence-electron chi connectivity index (χ3n) is 4.72. The molecule has 2 aromatic heterocycles. The number of rotatable bonds is 4. The van der Waals surface area contributed by atoms with Crippen LogP contribution in [0.4, 0.5) is 11.9 Å². The molecule has 1 fully saturated rings. The molecule has 1 aliphatic heterocycles. The molecular weight excluding hydrogens is 411 g/mol. The van der Waals surface area contributed by atoms with E-state index in [1.54, 1.807) is 0 Å². The highest BCUT2D eigenvalue weighted by Gasteiger charge is 2.24. The van der Waals surface area contributed by atoms with Crippen LogP contribution in [0.5, 0.6) is 0 Å². The Morgan fingerprint density at radius 2 is 1.85 bits per heavy atom. The highest BCUT2D eigenvalue weighted by atomic mass is 35.5. The van der Waals surface area contributed by atoms with Gasteiger partial charge in [0, 0.05) is 19.1 Å². The SMILES string of the molecule is CN(Cc1nc2ccccc2[nH]1)C1CCN(c2nc(N)n[nH]2)CC1.Cl.Cl.Cl. The van der Waals surface area contributed by atoms with Gasteiger partial charge in [-0.05, 0) is 32.0 Å². The fourth-order valence-corrected chi connectivity index (χ4v) is 3.37. The second-order valence-electron chi connectivity index (χ2n) is 6.35. The Morgan fingerprint density at radius 1 is 1.15 bits per heavy atom. The molecule has 0 amide bonds. The summed E-state index contributed by atoms with van der Waals surface area (Å²) >= 11 is 0. The summed E-state index contributed by atoms with van der Waals surface area (Å²) < 4.78 is 0. The van der Waals surface area contributed by atoms with Crippen molar-refractivity contribution in [1.29, 1.82) is 0 Å². The van der Waals surface area contributed by atoms with Gasteiger partial charge in [-0.25, -0.2) is 10.1 Å². The number of hydrogen-bond donors (Lipinski definition) is 3. The third kappa shape index (κ3) is 5.16. The predicted octanol–water partition coefficient (Wildman–Crippen LogP) is 2.63. The number of fused-ring (bicyclic) bond motifs is 1. The number of nitrogens with two attached hydrogens (primary N) is 1. The number of hydrogen-bond acceptors (Lipinski definition) is 6. The van der Waals surface area contributed by atoms with Gasteiger partial charge in [0.15, 0.2) is 0 Å². The highest BCUT2D eigenvalue weighted by Crippen LogP contribution is 2.21. The smallest absolute Gasteiger partial charge is 0.241 e. The number of imidazole rings is 1. The summed E-state index contributed by atoms with van der Waals surface area (Å²) in [4.78, 5) is 16.9. The number of aromatic nitrogens is 5. The van der Waals surface area contributed by atoms with Crippen molar-refractivity contribution in [1.82, 2.24) is 30.0 Å². The van der Waals surface area contributed by atoms with Gasteiger partial charge in [-0.2, -0.15) is 4.98 Å². The predicted molar refractivity (Wildman–Crippen MR) is 115 cm³/mol. The van der Waals surface area contributed by atoms with Gasteiger partial charge in [0.2, 0.25) is 11.9 Å². The molecule has 3 heterocycles. The number of halogens is 3. The van der Waals surface area contributed by atoms with Crippen LogP contribution in [0.3, 0.4) is 0 Å². The van der Waals surface area contributed by atoms with Gasteiger partial charge in [-0.3, -0.25) is 4.90 Å². The Balaban J connectivity index is 0.00000121. The maximum absolute atomic E-state index is 5.58. The average molecular weight is 436 g/mol. The lowest BCUT2D eigenvalue weighted by Crippen LogP contribution is -2.43. The number of aromatic amines is 2. The minimum Gasteiger partial charge on any atom is -0.366 e. The van der Waals surface area contributed by atoms with E-state index in [4.69, 9.17) is 5.73 Å². The van der Waals surface area contributed by atoms with E-state index in [0.29, 0.717) is 12.0 Å². The Labute approximate surface area is 176 Å². The summed E-state index contributed by atoms with van der Waals surface area (Å²) in [5.41, 5.74) is 7.70. The fourth-order valence-electron chi connectivity index (χ4n) is 3.37. The van der Waals surface area contributed by atoms with Crippen LogP contribution in [0, 0.1) is 0 Å². The van der Waals surface area contributed by atoms with E-state index in [9.17, 15) is 0 Å². The number of nitrogen functional groups attached to an aromatic ring is 1. The Bertz CT molecular complexity index is 795. The molecule has 0 atom stereocenters. The van der Waals surface area contributed by atoms with Gasteiger partial charge in [-0.15, -0.1) is 42.3 Å². The largest absolute Gasteiger partial charge is 0.366 e. The van der Waals surface area contributed by atoms with Crippen molar-refractivity contribution in [2.45, 2.75) is 25.4 Å². The van der Waals surface area contributed by atoms with Crippen LogP contribution < -0.4 is 10.6 Å². The third-order valence-corrected chi connectivity index (χ3v) is 4.72. The van der Waals surface area contributed by atoms with Crippen LogP contribution in [-0.4, -0.2) is 56.2 Å². The van der Waals surface area contributed by atoms with E-state index in [0.717, 1.165) is 55.3 Å². The second kappa shape index (κ2) is 9.98. The van der Waals surface area contributed by atoms with Crippen LogP contribution in [0.15, 0.2) is 24.3 Å². The maximum atomic E-state index is 5.58. The molecule has 11 heteroatoms. The molecule has 0 saturated carbocycles. The van der Waals surface area contributed by atoms with Crippen LogP contribution in [0.2, 0.25) is 0 Å². The quantitative estimate of drug-likeness (QED) is 0.582. The molecule has 3 aromatic rings. The molecule has 4 rings (SSSR count). The van der Waals surface area contributed by atoms with E-state index in [1.165, 1.54) is 0 Å². The molecule has 27 heavy (non-hydrogen) atoms. The average Bonchev–Trinajstić information content (AvgIpc) is 3.20. The second-order valence-corrected chi connectivity index (χ2v) is 6.35. The monoisotopic (exact) mass is 434 g/mol. The molecule has 0 aliphatic carbocycles. The molecule has 0 radical (unpaired) electrons. The van der Waals surface area contributed by atoms with E-state index in [1.807, 2.05) is 18.2 Å². The zero-order chi connectivity index (χ0) is 16.5. The number of nitrogens with one attached hydrogen (secondary N) is 2. The summed E-state index contributed by atoms with van der Waals surface area (Å²) in [6, 6.07) is 8.68. The molecule has 0 spiro atoms. The summed E-state index contributed by atoms with van der Waals surface area (Å²) in [7, 11) is 2.17. The van der Waals surface area contributed by atoms with Crippen molar-refractivity contribution in [3.8, 4) is 0 Å². The number of piperidine rings is 1. The maximum Gasteiger partial charge on any atom is 0.241 e.